The highest BCUT2D eigenvalue weighted by Crippen LogP contribution is 2.65. The van der Waals surface area contributed by atoms with Gasteiger partial charge in [0.2, 0.25) is 17.7 Å². The van der Waals surface area contributed by atoms with Gasteiger partial charge in [0.25, 0.3) is 0 Å². The third-order valence-electron chi connectivity index (χ3n) is 8.65. The van der Waals surface area contributed by atoms with Crippen LogP contribution in [0.2, 0.25) is 0 Å². The molecule has 3 unspecified atom stereocenters. The van der Waals surface area contributed by atoms with E-state index < -0.39 is 34.6 Å². The van der Waals surface area contributed by atoms with Crippen LogP contribution >= 0.6 is 0 Å². The molecule has 38 heavy (non-hydrogen) atoms. The molecule has 2 bridgehead atoms. The Morgan fingerprint density at radius 2 is 1.79 bits per heavy atom. The highest BCUT2D eigenvalue weighted by atomic mass is 16.5. The fourth-order valence-electron chi connectivity index (χ4n) is 7.59. The molecule has 1 aromatic carbocycles. The van der Waals surface area contributed by atoms with Gasteiger partial charge in [-0.15, -0.1) is 0 Å². The van der Waals surface area contributed by atoms with Gasteiger partial charge in [-0.25, -0.2) is 0 Å². The van der Waals surface area contributed by atoms with Crippen molar-refractivity contribution in [3.63, 3.8) is 0 Å². The van der Waals surface area contributed by atoms with Crippen molar-refractivity contribution in [3.8, 4) is 0 Å². The number of ether oxygens (including phenoxy) is 1. The molecule has 1 spiro atoms. The van der Waals surface area contributed by atoms with E-state index in [1.54, 1.807) is 4.90 Å². The Hall–Kier alpha value is -2.45. The molecule has 4 rings (SSSR count). The van der Waals surface area contributed by atoms with E-state index in [1.165, 1.54) is 0 Å². The molecular weight excluding hydrogens is 482 g/mol. The third kappa shape index (κ3) is 4.97. The number of fused-ring (bicyclic) bond motifs is 1. The summed E-state index contributed by atoms with van der Waals surface area (Å²) in [5.41, 5.74) is -1.49. The third-order valence-corrected chi connectivity index (χ3v) is 8.65. The van der Waals surface area contributed by atoms with Gasteiger partial charge < -0.3 is 25.4 Å². The largest absolute Gasteiger partial charge is 0.396 e. The van der Waals surface area contributed by atoms with E-state index in [9.17, 15) is 19.5 Å². The molecule has 0 saturated carbocycles. The van der Waals surface area contributed by atoms with Crippen LogP contribution in [0.4, 0.5) is 0 Å². The first-order valence-electron chi connectivity index (χ1n) is 13.9. The van der Waals surface area contributed by atoms with Crippen molar-refractivity contribution < 1.29 is 24.2 Å². The lowest BCUT2D eigenvalue weighted by Gasteiger charge is -2.38. The van der Waals surface area contributed by atoms with Gasteiger partial charge in [0.05, 0.1) is 17.4 Å². The van der Waals surface area contributed by atoms with Crippen molar-refractivity contribution in [2.75, 3.05) is 13.2 Å². The van der Waals surface area contributed by atoms with Gasteiger partial charge in [0, 0.05) is 25.2 Å². The maximum Gasteiger partial charge on any atom is 0.246 e. The van der Waals surface area contributed by atoms with Gasteiger partial charge in [0.15, 0.2) is 0 Å². The standard InChI is InChI=1S/C30H45N3O5/c1-19-16-30-22(21(29(19,7)38-30)24(35)31-17-20-12-9-8-10-13-20)26(37)33(14-11-15-34)23(30)25(36)32-28(5,6)18-27(2,3)4/h8-10,12-13,19,21-23,34H,11,14-18H2,1-7H3,(H,31,35)(H,32,36)/t19?,21-,22-,23?,29+,30?/m0/s1. The second-order valence-corrected chi connectivity index (χ2v) is 13.6. The number of aliphatic hydroxyl groups excluding tert-OH is 1. The van der Waals surface area contributed by atoms with E-state index in [0.29, 0.717) is 19.4 Å². The van der Waals surface area contributed by atoms with Crippen molar-refractivity contribution in [3.05, 3.63) is 35.9 Å². The van der Waals surface area contributed by atoms with Crippen molar-refractivity contribution >= 4 is 17.7 Å². The summed E-state index contributed by atoms with van der Waals surface area (Å²) in [5.74, 6) is -2.19. The van der Waals surface area contributed by atoms with Crippen molar-refractivity contribution in [1.29, 1.82) is 0 Å². The number of rotatable bonds is 9. The van der Waals surface area contributed by atoms with Crippen molar-refractivity contribution in [2.45, 2.75) is 97.1 Å². The Kier molecular flexibility index (Phi) is 7.47. The molecule has 3 saturated heterocycles. The topological polar surface area (TPSA) is 108 Å². The summed E-state index contributed by atoms with van der Waals surface area (Å²) >= 11 is 0. The van der Waals surface area contributed by atoms with Crippen molar-refractivity contribution in [1.82, 2.24) is 15.5 Å². The van der Waals surface area contributed by atoms with Crippen LogP contribution in [-0.2, 0) is 25.7 Å². The molecular formula is C30H45N3O5. The van der Waals surface area contributed by atoms with Crippen LogP contribution in [0, 0.1) is 23.2 Å². The average Bonchev–Trinajstić information content (AvgIpc) is 3.31. The summed E-state index contributed by atoms with van der Waals surface area (Å²) in [6, 6.07) is 8.80. The van der Waals surface area contributed by atoms with E-state index in [1.807, 2.05) is 58.0 Å². The van der Waals surface area contributed by atoms with E-state index in [4.69, 9.17) is 4.74 Å². The smallest absolute Gasteiger partial charge is 0.246 e. The van der Waals surface area contributed by atoms with Gasteiger partial charge in [-0.1, -0.05) is 58.0 Å². The van der Waals surface area contributed by atoms with Crippen LogP contribution in [0.5, 0.6) is 0 Å². The lowest BCUT2D eigenvalue weighted by Crippen LogP contribution is -2.59. The van der Waals surface area contributed by atoms with Crippen LogP contribution in [0.25, 0.3) is 0 Å². The number of aliphatic hydroxyl groups is 1. The number of carbonyl (C=O) groups is 3. The molecule has 8 heteroatoms. The molecule has 3 heterocycles. The van der Waals surface area contributed by atoms with Crippen molar-refractivity contribution in [2.24, 2.45) is 23.2 Å². The fraction of sp³-hybridized carbons (Fsp3) is 0.700. The minimum atomic E-state index is -1.09. The second-order valence-electron chi connectivity index (χ2n) is 13.6. The molecule has 3 amide bonds. The molecule has 1 aromatic rings. The second kappa shape index (κ2) is 9.94. The van der Waals surface area contributed by atoms with Crippen LogP contribution in [0.3, 0.4) is 0 Å². The molecule has 0 aromatic heterocycles. The van der Waals surface area contributed by atoms with Gasteiger partial charge in [-0.05, 0) is 56.9 Å². The molecule has 210 valence electrons. The minimum Gasteiger partial charge on any atom is -0.396 e. The molecule has 8 nitrogen and oxygen atoms in total. The van der Waals surface area contributed by atoms with Gasteiger partial charge in [-0.2, -0.15) is 0 Å². The number of benzene rings is 1. The number of likely N-dealkylation sites (tertiary alicyclic amines) is 1. The molecule has 6 atom stereocenters. The zero-order valence-electron chi connectivity index (χ0n) is 24.0. The van der Waals surface area contributed by atoms with Crippen LogP contribution in [-0.4, -0.2) is 63.7 Å². The molecule has 3 fully saturated rings. The zero-order valence-corrected chi connectivity index (χ0v) is 24.0. The monoisotopic (exact) mass is 527 g/mol. The Morgan fingerprint density at radius 1 is 1.13 bits per heavy atom. The minimum absolute atomic E-state index is 0.00802. The number of hydrogen-bond donors (Lipinski definition) is 3. The fourth-order valence-corrected chi connectivity index (χ4v) is 7.59. The van der Waals surface area contributed by atoms with Gasteiger partial charge >= 0.3 is 0 Å². The normalized spacial score (nSPS) is 32.4. The maximum absolute atomic E-state index is 14.0. The summed E-state index contributed by atoms with van der Waals surface area (Å²) in [7, 11) is 0. The summed E-state index contributed by atoms with van der Waals surface area (Å²) in [6.07, 6.45) is 1.62. The summed E-state index contributed by atoms with van der Waals surface area (Å²) in [6.45, 7) is 14.8. The molecule has 3 aliphatic rings. The zero-order chi connectivity index (χ0) is 28.1. The molecule has 3 aliphatic heterocycles. The lowest BCUT2D eigenvalue weighted by molar-refractivity contribution is -0.148. The number of carbonyl (C=O) groups excluding carboxylic acids is 3. The predicted molar refractivity (Wildman–Crippen MR) is 145 cm³/mol. The number of nitrogens with zero attached hydrogens (tertiary/aromatic N) is 1. The Morgan fingerprint density at radius 3 is 2.39 bits per heavy atom. The molecule has 0 aliphatic carbocycles. The quantitative estimate of drug-likeness (QED) is 0.458. The predicted octanol–water partition coefficient (Wildman–Crippen LogP) is 3.03. The van der Waals surface area contributed by atoms with E-state index in [-0.39, 0.29) is 42.2 Å². The van der Waals surface area contributed by atoms with E-state index >= 15 is 0 Å². The highest BCUT2D eigenvalue weighted by molar-refractivity contribution is 5.99. The first-order chi connectivity index (χ1) is 17.7. The summed E-state index contributed by atoms with van der Waals surface area (Å²) in [5, 5.41) is 15.8. The summed E-state index contributed by atoms with van der Waals surface area (Å²) in [4.78, 5) is 43.4. The highest BCUT2D eigenvalue weighted by Gasteiger charge is 2.79. The Balaban J connectivity index is 1.67. The number of hydrogen-bond acceptors (Lipinski definition) is 5. The van der Waals surface area contributed by atoms with Crippen LogP contribution in [0.15, 0.2) is 30.3 Å². The Bertz CT molecular complexity index is 1070. The SMILES string of the molecule is CC1CC23O[C@@]1(C)[C@H](C(=O)NCc1ccccc1)[C@H]2C(=O)N(CCCO)C3C(=O)NC(C)(C)CC(C)(C)C. The van der Waals surface area contributed by atoms with Crippen LogP contribution in [0.1, 0.15) is 73.3 Å². The lowest BCUT2D eigenvalue weighted by atomic mass is 9.62. The first kappa shape index (κ1) is 28.6. The molecule has 0 radical (unpaired) electrons. The summed E-state index contributed by atoms with van der Waals surface area (Å²) < 4.78 is 6.75. The van der Waals surface area contributed by atoms with E-state index in [2.05, 4.69) is 31.4 Å². The maximum atomic E-state index is 14.0. The number of nitrogens with one attached hydrogen (secondary N) is 2. The Labute approximate surface area is 226 Å². The number of amides is 3. The average molecular weight is 528 g/mol. The van der Waals surface area contributed by atoms with Crippen LogP contribution < -0.4 is 10.6 Å². The molecule has 3 N–H and O–H groups in total. The van der Waals surface area contributed by atoms with Gasteiger partial charge in [-0.3, -0.25) is 14.4 Å². The van der Waals surface area contributed by atoms with Gasteiger partial charge in [0.1, 0.15) is 11.6 Å². The first-order valence-corrected chi connectivity index (χ1v) is 13.9. The van der Waals surface area contributed by atoms with E-state index in [0.717, 1.165) is 12.0 Å².